The van der Waals surface area contributed by atoms with E-state index >= 15 is 0 Å². The van der Waals surface area contributed by atoms with Gasteiger partial charge in [-0.3, -0.25) is 9.78 Å². The maximum absolute atomic E-state index is 13.3. The Morgan fingerprint density at radius 3 is 2.50 bits per heavy atom. The molecule has 0 fully saturated rings. The van der Waals surface area contributed by atoms with Crippen LogP contribution in [0.4, 0.5) is 18.9 Å². The number of carbonyl (C=O) groups excluding carboxylic acids is 1. The van der Waals surface area contributed by atoms with Gasteiger partial charge in [-0.2, -0.15) is 13.2 Å². The van der Waals surface area contributed by atoms with Crippen LogP contribution in [-0.2, 0) is 12.6 Å². The lowest BCUT2D eigenvalue weighted by Crippen LogP contribution is -2.16. The van der Waals surface area contributed by atoms with Crippen LogP contribution in [0.15, 0.2) is 55.0 Å². The second kappa shape index (κ2) is 8.33. The minimum Gasteiger partial charge on any atom is -0.506 e. The van der Waals surface area contributed by atoms with Gasteiger partial charge >= 0.3 is 6.18 Å². The molecule has 0 radical (unpaired) electrons. The normalized spacial score (nSPS) is 11.7. The van der Waals surface area contributed by atoms with Crippen LogP contribution in [0, 0.1) is 0 Å². The van der Waals surface area contributed by atoms with Gasteiger partial charge in [-0.25, -0.2) is 4.98 Å². The Bertz CT molecular complexity index is 1320. The van der Waals surface area contributed by atoms with Gasteiger partial charge in [0.25, 0.3) is 5.91 Å². The lowest BCUT2D eigenvalue weighted by Gasteiger charge is -2.14. The highest BCUT2D eigenvalue weighted by Gasteiger charge is 2.34. The average molecular weight is 481 g/mol. The molecule has 0 aliphatic heterocycles. The lowest BCUT2D eigenvalue weighted by atomic mass is 10.1. The molecule has 6 nitrogen and oxygen atoms in total. The molecule has 3 aromatic heterocycles. The van der Waals surface area contributed by atoms with Crippen LogP contribution in [-0.4, -0.2) is 25.4 Å². The number of imidazole rings is 1. The van der Waals surface area contributed by atoms with Crippen molar-refractivity contribution in [2.24, 2.45) is 0 Å². The molecule has 32 heavy (non-hydrogen) atoms. The van der Waals surface area contributed by atoms with Crippen molar-refractivity contribution in [1.82, 2.24) is 14.4 Å². The van der Waals surface area contributed by atoms with Crippen molar-refractivity contribution in [3.63, 3.8) is 0 Å². The van der Waals surface area contributed by atoms with E-state index in [-0.39, 0.29) is 44.8 Å². The summed E-state index contributed by atoms with van der Waals surface area (Å²) in [5, 5.41) is 12.8. The molecule has 164 valence electrons. The zero-order chi connectivity index (χ0) is 23.0. The summed E-state index contributed by atoms with van der Waals surface area (Å²) in [5.74, 6) is -0.824. The first-order valence-electron chi connectivity index (χ1n) is 9.11. The van der Waals surface area contributed by atoms with E-state index in [1.165, 1.54) is 42.7 Å². The number of halogens is 5. The molecule has 0 unspecified atom stereocenters. The number of rotatable bonds is 4. The fourth-order valence-electron chi connectivity index (χ4n) is 3.15. The topological polar surface area (TPSA) is 79.5 Å². The van der Waals surface area contributed by atoms with Gasteiger partial charge in [-0.15, -0.1) is 0 Å². The van der Waals surface area contributed by atoms with Crippen molar-refractivity contribution in [2.45, 2.75) is 12.6 Å². The molecule has 0 aliphatic rings. The van der Waals surface area contributed by atoms with Gasteiger partial charge in [0, 0.05) is 25.0 Å². The molecule has 0 bridgehead atoms. The molecular weight excluding hydrogens is 468 g/mol. The second-order valence-electron chi connectivity index (χ2n) is 6.77. The van der Waals surface area contributed by atoms with E-state index in [9.17, 15) is 23.1 Å². The molecule has 3 heterocycles. The molecule has 0 saturated heterocycles. The van der Waals surface area contributed by atoms with Gasteiger partial charge in [0.15, 0.2) is 11.3 Å². The van der Waals surface area contributed by atoms with E-state index in [2.05, 4.69) is 15.3 Å². The summed E-state index contributed by atoms with van der Waals surface area (Å²) >= 11 is 12.2. The lowest BCUT2D eigenvalue weighted by molar-refractivity contribution is -0.140. The van der Waals surface area contributed by atoms with E-state index in [0.717, 1.165) is 10.6 Å². The van der Waals surface area contributed by atoms with Crippen molar-refractivity contribution in [2.75, 3.05) is 5.32 Å². The Morgan fingerprint density at radius 2 is 1.84 bits per heavy atom. The maximum atomic E-state index is 13.3. The first kappa shape index (κ1) is 21.9. The number of hydrogen-bond donors (Lipinski definition) is 2. The SMILES string of the molecule is O=C(Nc1c(Cc2ncccc2O)ccn2cc(C(F)(F)F)nc12)c1c(Cl)cccc1Cl. The Balaban J connectivity index is 1.85. The van der Waals surface area contributed by atoms with Gasteiger partial charge < -0.3 is 14.8 Å². The standard InChI is InChI=1S/C21H13Cl2F3N4O2/c22-12-3-1-4-13(23)17(12)20(32)29-18-11(9-14-15(31)5-2-7-27-14)6-8-30-10-16(21(24,25)26)28-19(18)30/h1-8,10,31H,9H2,(H,29,32). The van der Waals surface area contributed by atoms with E-state index < -0.39 is 17.8 Å². The Labute approximate surface area is 189 Å². The van der Waals surface area contributed by atoms with Crippen LogP contribution in [0.3, 0.4) is 0 Å². The number of benzene rings is 1. The molecule has 0 atom stereocenters. The van der Waals surface area contributed by atoms with Gasteiger partial charge in [-0.05, 0) is 35.9 Å². The van der Waals surface area contributed by atoms with Gasteiger partial charge in [0.1, 0.15) is 5.75 Å². The zero-order valence-corrected chi connectivity index (χ0v) is 17.5. The van der Waals surface area contributed by atoms with E-state index in [0.29, 0.717) is 5.56 Å². The number of hydrogen-bond acceptors (Lipinski definition) is 4. The summed E-state index contributed by atoms with van der Waals surface area (Å²) in [5.41, 5.74) is -0.641. The molecule has 4 aromatic rings. The zero-order valence-electron chi connectivity index (χ0n) is 16.0. The minimum atomic E-state index is -4.68. The van der Waals surface area contributed by atoms with Crippen molar-refractivity contribution < 1.29 is 23.1 Å². The molecule has 4 rings (SSSR count). The number of carbonyl (C=O) groups is 1. The molecule has 0 saturated carbocycles. The molecule has 0 spiro atoms. The third kappa shape index (κ3) is 4.21. The van der Waals surface area contributed by atoms with Gasteiger partial charge in [0.2, 0.25) is 0 Å². The highest BCUT2D eigenvalue weighted by molar-refractivity contribution is 6.40. The van der Waals surface area contributed by atoms with Crippen molar-refractivity contribution in [1.29, 1.82) is 0 Å². The average Bonchev–Trinajstić information content (AvgIpc) is 3.16. The predicted octanol–water partition coefficient (Wildman–Crippen LogP) is 5.60. The highest BCUT2D eigenvalue weighted by atomic mass is 35.5. The smallest absolute Gasteiger partial charge is 0.434 e. The summed E-state index contributed by atoms with van der Waals surface area (Å²) in [7, 11) is 0. The fraction of sp³-hybridized carbons (Fsp3) is 0.0952. The van der Waals surface area contributed by atoms with E-state index in [1.807, 2.05) is 0 Å². The summed E-state index contributed by atoms with van der Waals surface area (Å²) in [6, 6.07) is 8.96. The van der Waals surface area contributed by atoms with Crippen molar-refractivity contribution in [3.05, 3.63) is 87.5 Å². The summed E-state index contributed by atoms with van der Waals surface area (Å²) in [6.45, 7) is 0. The third-order valence-corrected chi connectivity index (χ3v) is 5.29. The predicted molar refractivity (Wildman–Crippen MR) is 113 cm³/mol. The molecule has 1 aromatic carbocycles. The number of amides is 1. The number of fused-ring (bicyclic) bond motifs is 1. The monoisotopic (exact) mass is 480 g/mol. The summed E-state index contributed by atoms with van der Waals surface area (Å²) in [4.78, 5) is 20.7. The molecule has 1 amide bonds. The number of nitrogens with zero attached hydrogens (tertiary/aromatic N) is 3. The van der Waals surface area contributed by atoms with Gasteiger partial charge in [0.05, 0.1) is 27.0 Å². The number of anilines is 1. The maximum Gasteiger partial charge on any atom is 0.434 e. The second-order valence-corrected chi connectivity index (χ2v) is 7.58. The van der Waals surface area contributed by atoms with Crippen LogP contribution >= 0.6 is 23.2 Å². The van der Waals surface area contributed by atoms with E-state index in [1.54, 1.807) is 6.07 Å². The number of aromatic hydroxyl groups is 1. The molecule has 11 heteroatoms. The van der Waals surface area contributed by atoms with Crippen molar-refractivity contribution in [3.8, 4) is 5.75 Å². The van der Waals surface area contributed by atoms with Crippen molar-refractivity contribution >= 4 is 40.4 Å². The quantitative estimate of drug-likeness (QED) is 0.398. The minimum absolute atomic E-state index is 0.00837. The Morgan fingerprint density at radius 1 is 1.12 bits per heavy atom. The molecular formula is C21H13Cl2F3N4O2. The third-order valence-electron chi connectivity index (χ3n) is 4.66. The molecule has 0 aliphatic carbocycles. The molecule has 2 N–H and O–H groups in total. The van der Waals surface area contributed by atoms with E-state index in [4.69, 9.17) is 23.2 Å². The largest absolute Gasteiger partial charge is 0.506 e. The van der Waals surface area contributed by atoms with Crippen LogP contribution in [0.1, 0.15) is 27.3 Å². The number of aromatic nitrogens is 3. The van der Waals surface area contributed by atoms with Crippen LogP contribution < -0.4 is 5.32 Å². The first-order valence-corrected chi connectivity index (χ1v) is 9.86. The summed E-state index contributed by atoms with van der Waals surface area (Å²) in [6.07, 6.45) is -1.00. The van der Waals surface area contributed by atoms with Gasteiger partial charge in [-0.1, -0.05) is 29.3 Å². The number of nitrogens with one attached hydrogen (secondary N) is 1. The first-order chi connectivity index (χ1) is 15.1. The Hall–Kier alpha value is -3.30. The summed E-state index contributed by atoms with van der Waals surface area (Å²) < 4.78 is 40.9. The van der Waals surface area contributed by atoms with Crippen LogP contribution in [0.5, 0.6) is 5.75 Å². The number of pyridine rings is 2. The number of alkyl halides is 3. The van der Waals surface area contributed by atoms with Crippen LogP contribution in [0.25, 0.3) is 5.65 Å². The Kier molecular flexibility index (Phi) is 5.70. The fourth-order valence-corrected chi connectivity index (χ4v) is 3.72. The highest BCUT2D eigenvalue weighted by Crippen LogP contribution is 2.33. The van der Waals surface area contributed by atoms with Crippen LogP contribution in [0.2, 0.25) is 10.0 Å².